The van der Waals surface area contributed by atoms with Crippen LogP contribution >= 0.6 is 23.2 Å². The molecule has 0 saturated heterocycles. The summed E-state index contributed by atoms with van der Waals surface area (Å²) in [4.78, 5) is 0. The Bertz CT molecular complexity index is 573. The van der Waals surface area contributed by atoms with Gasteiger partial charge in [-0.25, -0.2) is 8.78 Å². The summed E-state index contributed by atoms with van der Waals surface area (Å²) in [6, 6.07) is 9.07. The van der Waals surface area contributed by atoms with Gasteiger partial charge < -0.3 is 5.32 Å². The fourth-order valence-electron chi connectivity index (χ4n) is 1.49. The first-order valence-corrected chi connectivity index (χ1v) is 5.95. The van der Waals surface area contributed by atoms with E-state index >= 15 is 0 Å². The van der Waals surface area contributed by atoms with E-state index in [1.54, 1.807) is 18.2 Å². The quantitative estimate of drug-likeness (QED) is 0.848. The highest BCUT2D eigenvalue weighted by molar-refractivity contribution is 6.42. The molecule has 0 aliphatic carbocycles. The molecule has 0 spiro atoms. The van der Waals surface area contributed by atoms with E-state index in [1.165, 1.54) is 12.1 Å². The predicted octanol–water partition coefficient (Wildman–Crippen LogP) is 4.88. The Labute approximate surface area is 113 Å². The van der Waals surface area contributed by atoms with Gasteiger partial charge >= 0.3 is 0 Å². The van der Waals surface area contributed by atoms with Gasteiger partial charge in [-0.05, 0) is 29.8 Å². The molecule has 0 amide bonds. The summed E-state index contributed by atoms with van der Waals surface area (Å²) in [7, 11) is 0. The highest BCUT2D eigenvalue weighted by atomic mass is 35.5. The minimum atomic E-state index is -0.891. The van der Waals surface area contributed by atoms with Gasteiger partial charge in [-0.15, -0.1) is 0 Å². The van der Waals surface area contributed by atoms with E-state index < -0.39 is 11.6 Å². The molecule has 0 bridgehead atoms. The van der Waals surface area contributed by atoms with Gasteiger partial charge in [0, 0.05) is 6.54 Å². The van der Waals surface area contributed by atoms with Crippen molar-refractivity contribution in [3.05, 3.63) is 63.6 Å². The Morgan fingerprint density at radius 2 is 1.78 bits per heavy atom. The highest BCUT2D eigenvalue weighted by Gasteiger charge is 2.07. The molecule has 0 aliphatic heterocycles. The fraction of sp³-hybridized carbons (Fsp3) is 0.0769. The summed E-state index contributed by atoms with van der Waals surface area (Å²) in [5.74, 6) is -1.77. The number of rotatable bonds is 3. The van der Waals surface area contributed by atoms with Crippen LogP contribution < -0.4 is 5.32 Å². The van der Waals surface area contributed by atoms with E-state index in [4.69, 9.17) is 23.2 Å². The van der Waals surface area contributed by atoms with E-state index in [0.717, 1.165) is 11.6 Å². The molecule has 0 aromatic heterocycles. The van der Waals surface area contributed by atoms with Crippen LogP contribution in [0.3, 0.4) is 0 Å². The van der Waals surface area contributed by atoms with E-state index in [9.17, 15) is 8.78 Å². The number of benzene rings is 2. The number of hydrogen-bond acceptors (Lipinski definition) is 1. The zero-order valence-electron chi connectivity index (χ0n) is 9.18. The van der Waals surface area contributed by atoms with Gasteiger partial charge in [0.1, 0.15) is 0 Å². The average molecular weight is 288 g/mol. The van der Waals surface area contributed by atoms with Crippen molar-refractivity contribution in [2.45, 2.75) is 6.54 Å². The number of anilines is 1. The fourth-order valence-corrected chi connectivity index (χ4v) is 1.81. The molecule has 18 heavy (non-hydrogen) atoms. The lowest BCUT2D eigenvalue weighted by Gasteiger charge is -2.08. The third-order valence-corrected chi connectivity index (χ3v) is 3.16. The molecule has 2 rings (SSSR count). The minimum Gasteiger partial charge on any atom is -0.379 e. The van der Waals surface area contributed by atoms with Crippen LogP contribution in [0.2, 0.25) is 10.0 Å². The smallest absolute Gasteiger partial charge is 0.181 e. The molecular weight excluding hydrogens is 279 g/mol. The average Bonchev–Trinajstić information content (AvgIpc) is 2.35. The Morgan fingerprint density at radius 3 is 2.50 bits per heavy atom. The van der Waals surface area contributed by atoms with Gasteiger partial charge in [0.05, 0.1) is 15.7 Å². The van der Waals surface area contributed by atoms with Crippen molar-refractivity contribution < 1.29 is 8.78 Å². The molecule has 0 fully saturated rings. The molecule has 0 radical (unpaired) electrons. The molecular formula is C13H9Cl2F2N. The Kier molecular flexibility index (Phi) is 4.04. The van der Waals surface area contributed by atoms with Gasteiger partial charge in [0.2, 0.25) is 0 Å². The van der Waals surface area contributed by atoms with E-state index in [2.05, 4.69) is 5.32 Å². The predicted molar refractivity (Wildman–Crippen MR) is 70.1 cm³/mol. The normalized spacial score (nSPS) is 10.4. The molecule has 0 unspecified atom stereocenters. The van der Waals surface area contributed by atoms with Crippen LogP contribution in [0.5, 0.6) is 0 Å². The minimum absolute atomic E-state index is 0.112. The van der Waals surface area contributed by atoms with Gasteiger partial charge in [-0.1, -0.05) is 35.3 Å². The van der Waals surface area contributed by atoms with Crippen LogP contribution in [0.15, 0.2) is 36.4 Å². The summed E-state index contributed by atoms with van der Waals surface area (Å²) in [6.07, 6.45) is 0. The standard InChI is InChI=1S/C13H9Cl2F2N/c14-9-5-4-8(6-10(9)15)7-18-12-3-1-2-11(16)13(12)17/h1-6,18H,7H2. The first-order chi connectivity index (χ1) is 8.58. The van der Waals surface area contributed by atoms with Gasteiger partial charge in [0.25, 0.3) is 0 Å². The number of nitrogens with one attached hydrogen (secondary N) is 1. The van der Waals surface area contributed by atoms with E-state index in [-0.39, 0.29) is 5.69 Å². The zero-order valence-corrected chi connectivity index (χ0v) is 10.7. The van der Waals surface area contributed by atoms with Gasteiger partial charge in [0.15, 0.2) is 11.6 Å². The first kappa shape index (κ1) is 13.1. The molecule has 2 aromatic carbocycles. The highest BCUT2D eigenvalue weighted by Crippen LogP contribution is 2.23. The molecule has 2 aromatic rings. The second kappa shape index (κ2) is 5.55. The maximum absolute atomic E-state index is 13.4. The second-order valence-corrected chi connectivity index (χ2v) is 4.52. The summed E-state index contributed by atoms with van der Waals surface area (Å²) in [5, 5.41) is 3.68. The van der Waals surface area contributed by atoms with Crippen molar-refractivity contribution in [1.82, 2.24) is 0 Å². The topological polar surface area (TPSA) is 12.0 Å². The van der Waals surface area contributed by atoms with Gasteiger partial charge in [-0.3, -0.25) is 0 Å². The molecule has 5 heteroatoms. The Hall–Kier alpha value is -1.32. The number of halogens is 4. The van der Waals surface area contributed by atoms with Crippen LogP contribution in [0.25, 0.3) is 0 Å². The summed E-state index contributed by atoms with van der Waals surface area (Å²) in [6.45, 7) is 0.331. The van der Waals surface area contributed by atoms with Crippen molar-refractivity contribution in [3.63, 3.8) is 0 Å². The lowest BCUT2D eigenvalue weighted by Crippen LogP contribution is -2.02. The third-order valence-electron chi connectivity index (χ3n) is 2.42. The van der Waals surface area contributed by atoms with Crippen molar-refractivity contribution in [3.8, 4) is 0 Å². The maximum Gasteiger partial charge on any atom is 0.181 e. The first-order valence-electron chi connectivity index (χ1n) is 5.20. The summed E-state index contributed by atoms with van der Waals surface area (Å²) in [5.41, 5.74) is 0.939. The molecule has 0 saturated carbocycles. The van der Waals surface area contributed by atoms with Crippen LogP contribution in [-0.4, -0.2) is 0 Å². The van der Waals surface area contributed by atoms with Crippen molar-refractivity contribution in [2.24, 2.45) is 0 Å². The Balaban J connectivity index is 2.11. The maximum atomic E-state index is 13.4. The zero-order chi connectivity index (χ0) is 13.1. The lowest BCUT2D eigenvalue weighted by molar-refractivity contribution is 0.511. The lowest BCUT2D eigenvalue weighted by atomic mass is 10.2. The van der Waals surface area contributed by atoms with Crippen LogP contribution in [0, 0.1) is 11.6 Å². The SMILES string of the molecule is Fc1cccc(NCc2ccc(Cl)c(Cl)c2)c1F. The van der Waals surface area contributed by atoms with E-state index in [0.29, 0.717) is 16.6 Å². The molecule has 0 heterocycles. The molecule has 1 N–H and O–H groups in total. The van der Waals surface area contributed by atoms with Gasteiger partial charge in [-0.2, -0.15) is 0 Å². The van der Waals surface area contributed by atoms with Crippen LogP contribution in [0.4, 0.5) is 14.5 Å². The second-order valence-electron chi connectivity index (χ2n) is 3.70. The molecule has 0 aliphatic rings. The Morgan fingerprint density at radius 1 is 1.00 bits per heavy atom. The van der Waals surface area contributed by atoms with Crippen molar-refractivity contribution in [1.29, 1.82) is 0 Å². The largest absolute Gasteiger partial charge is 0.379 e. The molecule has 0 atom stereocenters. The molecule has 94 valence electrons. The monoisotopic (exact) mass is 287 g/mol. The molecule has 1 nitrogen and oxygen atoms in total. The summed E-state index contributed by atoms with van der Waals surface area (Å²) < 4.78 is 26.3. The number of hydrogen-bond donors (Lipinski definition) is 1. The third kappa shape index (κ3) is 2.92. The van der Waals surface area contributed by atoms with Crippen LogP contribution in [0.1, 0.15) is 5.56 Å². The van der Waals surface area contributed by atoms with Crippen LogP contribution in [-0.2, 0) is 6.54 Å². The van der Waals surface area contributed by atoms with Crippen molar-refractivity contribution >= 4 is 28.9 Å². The summed E-state index contributed by atoms with van der Waals surface area (Å²) >= 11 is 11.6. The van der Waals surface area contributed by atoms with Crippen molar-refractivity contribution in [2.75, 3.05) is 5.32 Å². The van der Waals surface area contributed by atoms with E-state index in [1.807, 2.05) is 0 Å².